The zero-order valence-electron chi connectivity index (χ0n) is 9.36. The van der Waals surface area contributed by atoms with Crippen LogP contribution in [0.25, 0.3) is 0 Å². The monoisotopic (exact) mass is 253 g/mol. The van der Waals surface area contributed by atoms with Gasteiger partial charge in [0, 0.05) is 17.3 Å². The lowest BCUT2D eigenvalue weighted by molar-refractivity contribution is 0.165. The fourth-order valence-corrected chi connectivity index (χ4v) is 3.48. The molecule has 0 spiro atoms. The van der Waals surface area contributed by atoms with E-state index in [1.165, 1.54) is 0 Å². The molecule has 0 bridgehead atoms. The van der Waals surface area contributed by atoms with Gasteiger partial charge < -0.3 is 10.4 Å². The van der Waals surface area contributed by atoms with Crippen molar-refractivity contribution >= 4 is 21.6 Å². The van der Waals surface area contributed by atoms with Gasteiger partial charge in [-0.05, 0) is 20.1 Å². The minimum absolute atomic E-state index is 0.0542. The molecular weight excluding hydrogens is 234 g/mol. The molecule has 0 saturated carbocycles. The summed E-state index contributed by atoms with van der Waals surface area (Å²) in [5, 5.41) is 12.7. The van der Waals surface area contributed by atoms with E-state index in [4.69, 9.17) is 0 Å². The lowest BCUT2D eigenvalue weighted by atomic mass is 10.1. The minimum Gasteiger partial charge on any atom is -0.390 e. The van der Waals surface area contributed by atoms with Crippen molar-refractivity contribution < 1.29 is 13.5 Å². The zero-order valence-corrected chi connectivity index (χ0v) is 11.0. The van der Waals surface area contributed by atoms with Crippen LogP contribution in [0.15, 0.2) is 0 Å². The Labute approximate surface area is 95.7 Å². The average Bonchev–Trinajstić information content (AvgIpc) is 2.36. The fourth-order valence-electron chi connectivity index (χ4n) is 1.47. The smallest absolute Gasteiger partial charge is 0.154 e. The Hall–Kier alpha value is 0.220. The Balaban J connectivity index is 2.48. The van der Waals surface area contributed by atoms with Gasteiger partial charge in [-0.3, -0.25) is 0 Å². The van der Waals surface area contributed by atoms with E-state index in [0.717, 1.165) is 0 Å². The van der Waals surface area contributed by atoms with E-state index in [2.05, 4.69) is 19.2 Å². The molecule has 90 valence electrons. The molecule has 6 heteroatoms. The van der Waals surface area contributed by atoms with Crippen LogP contribution in [0.2, 0.25) is 0 Å². The van der Waals surface area contributed by atoms with Crippen LogP contribution in [-0.4, -0.2) is 54.7 Å². The first-order valence-electron chi connectivity index (χ1n) is 4.93. The first-order valence-corrected chi connectivity index (χ1v) is 7.97. The standard InChI is InChI=1S/C9H19NO3S2/c1-9(2,14-3)6-10-7-4-15(12,13)5-8(7)11/h7-8,10-11H,4-6H2,1-3H3. The summed E-state index contributed by atoms with van der Waals surface area (Å²) < 4.78 is 22.5. The number of nitrogens with one attached hydrogen (secondary N) is 1. The van der Waals surface area contributed by atoms with Crippen LogP contribution in [-0.2, 0) is 9.84 Å². The molecule has 1 aliphatic heterocycles. The second-order valence-electron chi connectivity index (χ2n) is 4.60. The van der Waals surface area contributed by atoms with Crippen LogP contribution in [0.1, 0.15) is 13.8 Å². The van der Waals surface area contributed by atoms with Gasteiger partial charge in [-0.2, -0.15) is 11.8 Å². The zero-order chi connectivity index (χ0) is 11.7. The highest BCUT2D eigenvalue weighted by Gasteiger charge is 2.36. The third-order valence-electron chi connectivity index (χ3n) is 2.67. The molecule has 0 aliphatic carbocycles. The SMILES string of the molecule is CSC(C)(C)CNC1CS(=O)(=O)CC1O. The predicted molar refractivity (Wildman–Crippen MR) is 64.0 cm³/mol. The Morgan fingerprint density at radius 1 is 1.47 bits per heavy atom. The summed E-state index contributed by atoms with van der Waals surface area (Å²) in [7, 11) is -3.04. The van der Waals surface area contributed by atoms with E-state index < -0.39 is 15.9 Å². The van der Waals surface area contributed by atoms with Crippen molar-refractivity contribution in [3.63, 3.8) is 0 Å². The largest absolute Gasteiger partial charge is 0.390 e. The first kappa shape index (κ1) is 13.3. The number of aliphatic hydroxyl groups is 1. The van der Waals surface area contributed by atoms with Gasteiger partial charge in [0.05, 0.1) is 17.6 Å². The highest BCUT2D eigenvalue weighted by molar-refractivity contribution is 7.99. The molecule has 1 saturated heterocycles. The van der Waals surface area contributed by atoms with Gasteiger partial charge in [0.25, 0.3) is 0 Å². The molecule has 1 rings (SSSR count). The number of thioether (sulfide) groups is 1. The van der Waals surface area contributed by atoms with Gasteiger partial charge in [0.2, 0.25) is 0 Å². The summed E-state index contributed by atoms with van der Waals surface area (Å²) in [6.07, 6.45) is 1.26. The molecule has 0 aromatic rings. The molecule has 0 amide bonds. The maximum absolute atomic E-state index is 11.2. The maximum Gasteiger partial charge on any atom is 0.154 e. The Kier molecular flexibility index (Phi) is 4.08. The predicted octanol–water partition coefficient (Wildman–Crippen LogP) is -0.124. The van der Waals surface area contributed by atoms with E-state index in [1.54, 1.807) is 11.8 Å². The highest BCUT2D eigenvalue weighted by atomic mass is 32.2. The van der Waals surface area contributed by atoms with E-state index in [0.29, 0.717) is 6.54 Å². The lowest BCUT2D eigenvalue weighted by Gasteiger charge is -2.25. The van der Waals surface area contributed by atoms with Crippen molar-refractivity contribution in [2.75, 3.05) is 24.3 Å². The van der Waals surface area contributed by atoms with Gasteiger partial charge in [-0.25, -0.2) is 8.42 Å². The van der Waals surface area contributed by atoms with Crippen molar-refractivity contribution in [2.24, 2.45) is 0 Å². The molecule has 0 radical (unpaired) electrons. The molecule has 2 N–H and O–H groups in total. The molecule has 0 aromatic heterocycles. The van der Waals surface area contributed by atoms with Crippen molar-refractivity contribution in [1.29, 1.82) is 0 Å². The van der Waals surface area contributed by atoms with Gasteiger partial charge in [-0.15, -0.1) is 0 Å². The van der Waals surface area contributed by atoms with Gasteiger partial charge in [0.15, 0.2) is 9.84 Å². The summed E-state index contributed by atoms with van der Waals surface area (Å²) in [6.45, 7) is 4.87. The number of aliphatic hydroxyl groups excluding tert-OH is 1. The van der Waals surface area contributed by atoms with Crippen LogP contribution >= 0.6 is 11.8 Å². The normalized spacial score (nSPS) is 30.7. The van der Waals surface area contributed by atoms with Crippen LogP contribution in [0.5, 0.6) is 0 Å². The van der Waals surface area contributed by atoms with Crippen LogP contribution < -0.4 is 5.32 Å². The second kappa shape index (κ2) is 4.61. The van der Waals surface area contributed by atoms with E-state index in [-0.39, 0.29) is 22.3 Å². The topological polar surface area (TPSA) is 66.4 Å². The fraction of sp³-hybridized carbons (Fsp3) is 1.00. The molecule has 1 aliphatic rings. The Morgan fingerprint density at radius 3 is 2.47 bits per heavy atom. The van der Waals surface area contributed by atoms with Gasteiger partial charge in [-0.1, -0.05) is 0 Å². The third kappa shape index (κ3) is 3.94. The second-order valence-corrected chi connectivity index (χ2v) is 8.26. The summed E-state index contributed by atoms with van der Waals surface area (Å²) in [4.78, 5) is 0. The minimum atomic E-state index is -3.04. The molecule has 1 fully saturated rings. The number of rotatable bonds is 4. The van der Waals surface area contributed by atoms with E-state index in [9.17, 15) is 13.5 Å². The summed E-state index contributed by atoms with van der Waals surface area (Å²) >= 11 is 1.72. The summed E-state index contributed by atoms with van der Waals surface area (Å²) in [5.74, 6) is -0.0526. The molecule has 15 heavy (non-hydrogen) atoms. The van der Waals surface area contributed by atoms with Gasteiger partial charge >= 0.3 is 0 Å². The highest BCUT2D eigenvalue weighted by Crippen LogP contribution is 2.21. The molecule has 2 atom stereocenters. The summed E-state index contributed by atoms with van der Waals surface area (Å²) in [6, 6.07) is -0.304. The van der Waals surface area contributed by atoms with Crippen molar-refractivity contribution in [3.8, 4) is 0 Å². The van der Waals surface area contributed by atoms with Gasteiger partial charge in [0.1, 0.15) is 0 Å². The molecule has 2 unspecified atom stereocenters. The average molecular weight is 253 g/mol. The summed E-state index contributed by atoms with van der Waals surface area (Å²) in [5.41, 5.74) is 0. The number of sulfone groups is 1. The van der Waals surface area contributed by atoms with E-state index in [1.807, 2.05) is 6.26 Å². The van der Waals surface area contributed by atoms with Crippen molar-refractivity contribution in [1.82, 2.24) is 5.32 Å². The molecule has 0 aromatic carbocycles. The van der Waals surface area contributed by atoms with Crippen LogP contribution in [0, 0.1) is 0 Å². The quantitative estimate of drug-likeness (QED) is 0.731. The number of hydrogen-bond donors (Lipinski definition) is 2. The molecule has 1 heterocycles. The lowest BCUT2D eigenvalue weighted by Crippen LogP contribution is -2.44. The first-order chi connectivity index (χ1) is 6.76. The van der Waals surface area contributed by atoms with Crippen molar-refractivity contribution in [3.05, 3.63) is 0 Å². The maximum atomic E-state index is 11.2. The third-order valence-corrected chi connectivity index (χ3v) is 5.63. The Morgan fingerprint density at radius 2 is 2.07 bits per heavy atom. The van der Waals surface area contributed by atoms with Crippen molar-refractivity contribution in [2.45, 2.75) is 30.7 Å². The van der Waals surface area contributed by atoms with Crippen LogP contribution in [0.4, 0.5) is 0 Å². The molecule has 4 nitrogen and oxygen atoms in total. The molecular formula is C9H19NO3S2. The Bertz CT molecular complexity index is 313. The van der Waals surface area contributed by atoms with E-state index >= 15 is 0 Å². The number of hydrogen-bond acceptors (Lipinski definition) is 5. The van der Waals surface area contributed by atoms with Crippen LogP contribution in [0.3, 0.4) is 0 Å².